The van der Waals surface area contributed by atoms with Crippen LogP contribution in [0, 0.1) is 6.92 Å². The zero-order chi connectivity index (χ0) is 9.42. The SMILES string of the molecule is Cc1cncc2c(O)cc(=O)[nH]c12. The van der Waals surface area contributed by atoms with Crippen LogP contribution >= 0.6 is 0 Å². The Morgan fingerprint density at radius 3 is 3.00 bits per heavy atom. The fraction of sp³-hybridized carbons (Fsp3) is 0.111. The van der Waals surface area contributed by atoms with E-state index in [9.17, 15) is 9.90 Å². The average molecular weight is 176 g/mol. The molecule has 2 heterocycles. The van der Waals surface area contributed by atoms with Crippen LogP contribution in [0.15, 0.2) is 23.3 Å². The van der Waals surface area contributed by atoms with Crippen molar-refractivity contribution in [1.82, 2.24) is 9.97 Å². The van der Waals surface area contributed by atoms with Gasteiger partial charge in [-0.3, -0.25) is 9.78 Å². The zero-order valence-electron chi connectivity index (χ0n) is 7.03. The first kappa shape index (κ1) is 7.79. The average Bonchev–Trinajstić information content (AvgIpc) is 2.07. The maximum atomic E-state index is 11.0. The molecule has 0 unspecified atom stereocenters. The highest BCUT2D eigenvalue weighted by atomic mass is 16.3. The van der Waals surface area contributed by atoms with E-state index < -0.39 is 0 Å². The summed E-state index contributed by atoms with van der Waals surface area (Å²) in [6.07, 6.45) is 3.16. The van der Waals surface area contributed by atoms with E-state index in [1.54, 1.807) is 6.20 Å². The van der Waals surface area contributed by atoms with Gasteiger partial charge in [0.2, 0.25) is 0 Å². The highest BCUT2D eigenvalue weighted by Gasteiger charge is 2.03. The largest absolute Gasteiger partial charge is 0.507 e. The first-order valence-electron chi connectivity index (χ1n) is 3.85. The number of fused-ring (bicyclic) bond motifs is 1. The van der Waals surface area contributed by atoms with Crippen molar-refractivity contribution in [3.8, 4) is 5.75 Å². The smallest absolute Gasteiger partial charge is 0.252 e. The van der Waals surface area contributed by atoms with Crippen molar-refractivity contribution in [1.29, 1.82) is 0 Å². The number of aromatic nitrogens is 2. The fourth-order valence-corrected chi connectivity index (χ4v) is 1.29. The van der Waals surface area contributed by atoms with Gasteiger partial charge in [-0.2, -0.15) is 0 Å². The van der Waals surface area contributed by atoms with Crippen LogP contribution in [0.25, 0.3) is 10.9 Å². The molecule has 0 aliphatic carbocycles. The summed E-state index contributed by atoms with van der Waals surface area (Å²) in [5.41, 5.74) is 1.17. The van der Waals surface area contributed by atoms with Gasteiger partial charge in [0.15, 0.2) is 0 Å². The summed E-state index contributed by atoms with van der Waals surface area (Å²) in [4.78, 5) is 17.6. The Bertz CT molecular complexity index is 516. The molecule has 0 aromatic carbocycles. The maximum Gasteiger partial charge on any atom is 0.252 e. The molecule has 0 saturated heterocycles. The van der Waals surface area contributed by atoms with Gasteiger partial charge in [0.1, 0.15) is 5.75 Å². The number of aromatic amines is 1. The molecule has 2 aromatic rings. The molecule has 0 bridgehead atoms. The van der Waals surface area contributed by atoms with Gasteiger partial charge in [0.25, 0.3) is 5.56 Å². The van der Waals surface area contributed by atoms with Crippen LogP contribution in [0.3, 0.4) is 0 Å². The topological polar surface area (TPSA) is 66.0 Å². The highest BCUT2D eigenvalue weighted by Crippen LogP contribution is 2.21. The van der Waals surface area contributed by atoms with Crippen molar-refractivity contribution in [2.24, 2.45) is 0 Å². The third-order valence-electron chi connectivity index (χ3n) is 1.93. The van der Waals surface area contributed by atoms with Crippen LogP contribution < -0.4 is 5.56 Å². The van der Waals surface area contributed by atoms with Crippen LogP contribution in [0.1, 0.15) is 5.56 Å². The molecule has 13 heavy (non-hydrogen) atoms. The van der Waals surface area contributed by atoms with Gasteiger partial charge in [-0.15, -0.1) is 0 Å². The van der Waals surface area contributed by atoms with Crippen LogP contribution in [0.5, 0.6) is 5.75 Å². The molecule has 0 aliphatic rings. The lowest BCUT2D eigenvalue weighted by molar-refractivity contribution is 0.480. The maximum absolute atomic E-state index is 11.0. The van der Waals surface area contributed by atoms with E-state index in [1.165, 1.54) is 6.20 Å². The molecule has 2 aromatic heterocycles. The second kappa shape index (κ2) is 2.58. The monoisotopic (exact) mass is 176 g/mol. The lowest BCUT2D eigenvalue weighted by Crippen LogP contribution is -2.04. The molecule has 4 heteroatoms. The number of rotatable bonds is 0. The van der Waals surface area contributed by atoms with Crippen LogP contribution in [0.2, 0.25) is 0 Å². The molecular formula is C9H8N2O2. The number of nitrogens with one attached hydrogen (secondary N) is 1. The van der Waals surface area contributed by atoms with Crippen molar-refractivity contribution < 1.29 is 5.11 Å². The van der Waals surface area contributed by atoms with Crippen LogP contribution in [0.4, 0.5) is 0 Å². The van der Waals surface area contributed by atoms with Gasteiger partial charge in [0, 0.05) is 18.5 Å². The lowest BCUT2D eigenvalue weighted by atomic mass is 10.2. The van der Waals surface area contributed by atoms with E-state index in [-0.39, 0.29) is 11.3 Å². The number of aromatic hydroxyl groups is 1. The second-order valence-electron chi connectivity index (χ2n) is 2.90. The number of pyridine rings is 2. The third-order valence-corrected chi connectivity index (χ3v) is 1.93. The second-order valence-corrected chi connectivity index (χ2v) is 2.90. The summed E-state index contributed by atoms with van der Waals surface area (Å²) >= 11 is 0. The Morgan fingerprint density at radius 2 is 2.23 bits per heavy atom. The number of aryl methyl sites for hydroxylation is 1. The predicted octanol–water partition coefficient (Wildman–Crippen LogP) is 0.937. The molecule has 0 spiro atoms. The summed E-state index contributed by atoms with van der Waals surface area (Å²) < 4.78 is 0. The van der Waals surface area contributed by atoms with Gasteiger partial charge >= 0.3 is 0 Å². The Hall–Kier alpha value is -1.84. The minimum atomic E-state index is -0.306. The Balaban J connectivity index is 3.03. The molecule has 0 aliphatic heterocycles. The van der Waals surface area contributed by atoms with E-state index in [4.69, 9.17) is 0 Å². The van der Waals surface area contributed by atoms with Gasteiger partial charge in [-0.25, -0.2) is 0 Å². The molecule has 2 rings (SSSR count). The summed E-state index contributed by atoms with van der Waals surface area (Å²) in [5.74, 6) is -0.0325. The Labute approximate surface area is 73.9 Å². The first-order chi connectivity index (χ1) is 6.18. The fourth-order valence-electron chi connectivity index (χ4n) is 1.29. The summed E-state index contributed by atoms with van der Waals surface area (Å²) in [5, 5.41) is 9.99. The van der Waals surface area contributed by atoms with E-state index in [1.807, 2.05) is 6.92 Å². The number of hydrogen-bond acceptors (Lipinski definition) is 3. The first-order valence-corrected chi connectivity index (χ1v) is 3.85. The number of H-pyrrole nitrogens is 1. The number of nitrogens with zero attached hydrogens (tertiary/aromatic N) is 1. The molecule has 0 amide bonds. The molecule has 0 radical (unpaired) electrons. The van der Waals surface area contributed by atoms with Gasteiger partial charge in [0.05, 0.1) is 10.9 Å². The third kappa shape index (κ3) is 1.16. The summed E-state index contributed by atoms with van der Waals surface area (Å²) in [6, 6.07) is 1.14. The molecule has 0 fully saturated rings. The van der Waals surface area contributed by atoms with E-state index in [0.29, 0.717) is 10.9 Å². The van der Waals surface area contributed by atoms with Gasteiger partial charge in [-0.05, 0) is 12.5 Å². The summed E-state index contributed by atoms with van der Waals surface area (Å²) in [7, 11) is 0. The van der Waals surface area contributed by atoms with Crippen LogP contribution in [-0.2, 0) is 0 Å². The van der Waals surface area contributed by atoms with Gasteiger partial charge < -0.3 is 10.1 Å². The number of hydrogen-bond donors (Lipinski definition) is 2. The predicted molar refractivity (Wildman–Crippen MR) is 48.8 cm³/mol. The van der Waals surface area contributed by atoms with Crippen molar-refractivity contribution in [2.75, 3.05) is 0 Å². The normalized spacial score (nSPS) is 10.5. The lowest BCUT2D eigenvalue weighted by Gasteiger charge is -2.01. The molecular weight excluding hydrogens is 168 g/mol. The minimum absolute atomic E-state index is 0.0325. The highest BCUT2D eigenvalue weighted by molar-refractivity contribution is 5.85. The van der Waals surface area contributed by atoms with E-state index in [0.717, 1.165) is 11.6 Å². The van der Waals surface area contributed by atoms with Crippen molar-refractivity contribution >= 4 is 10.9 Å². The van der Waals surface area contributed by atoms with Crippen molar-refractivity contribution in [3.05, 3.63) is 34.4 Å². The Morgan fingerprint density at radius 1 is 1.46 bits per heavy atom. The summed E-state index contributed by atoms with van der Waals surface area (Å²) in [6.45, 7) is 1.82. The molecule has 4 nitrogen and oxygen atoms in total. The quantitative estimate of drug-likeness (QED) is 0.627. The standard InChI is InChI=1S/C9H8N2O2/c1-5-3-10-4-6-7(12)2-8(13)11-9(5)6/h2-4H,1H3,(H2,11,12,13). The molecule has 0 atom stereocenters. The van der Waals surface area contributed by atoms with Crippen LogP contribution in [-0.4, -0.2) is 15.1 Å². The molecule has 0 saturated carbocycles. The minimum Gasteiger partial charge on any atom is -0.507 e. The van der Waals surface area contributed by atoms with E-state index >= 15 is 0 Å². The molecule has 66 valence electrons. The zero-order valence-corrected chi connectivity index (χ0v) is 7.03. The van der Waals surface area contributed by atoms with Gasteiger partial charge in [-0.1, -0.05) is 0 Å². The Kier molecular flexibility index (Phi) is 1.55. The van der Waals surface area contributed by atoms with Crippen molar-refractivity contribution in [3.63, 3.8) is 0 Å². The van der Waals surface area contributed by atoms with E-state index in [2.05, 4.69) is 9.97 Å². The van der Waals surface area contributed by atoms with Crippen molar-refractivity contribution in [2.45, 2.75) is 6.92 Å². The molecule has 2 N–H and O–H groups in total.